The number of hydrogen-bond acceptors (Lipinski definition) is 4. The molecule has 3 atom stereocenters. The van der Waals surface area contributed by atoms with Gasteiger partial charge in [-0.05, 0) is 85.0 Å². The third-order valence-electron chi connectivity index (χ3n) is 8.80. The molecule has 3 aromatic carbocycles. The van der Waals surface area contributed by atoms with Gasteiger partial charge in [-0.2, -0.15) is 0 Å². The summed E-state index contributed by atoms with van der Waals surface area (Å²) in [5, 5.41) is 14.7. The van der Waals surface area contributed by atoms with E-state index in [1.54, 1.807) is 12.3 Å². The van der Waals surface area contributed by atoms with Crippen LogP contribution in [0.5, 0.6) is 0 Å². The molecule has 0 saturated heterocycles. The fourth-order valence-corrected chi connectivity index (χ4v) is 6.76. The van der Waals surface area contributed by atoms with E-state index in [0.717, 1.165) is 29.7 Å². The minimum atomic E-state index is -1.48. The van der Waals surface area contributed by atoms with E-state index in [0.29, 0.717) is 29.7 Å². The lowest BCUT2D eigenvalue weighted by Gasteiger charge is -2.52. The monoisotopic (exact) mass is 516 g/mol. The average Bonchev–Trinajstić information content (AvgIpc) is 2.96. The third kappa shape index (κ3) is 4.47. The molecular formula is C34H32N2O3. The van der Waals surface area contributed by atoms with Gasteiger partial charge in [0.15, 0.2) is 5.78 Å². The van der Waals surface area contributed by atoms with E-state index in [4.69, 9.17) is 0 Å². The van der Waals surface area contributed by atoms with Crippen LogP contribution in [0.15, 0.2) is 97.2 Å². The van der Waals surface area contributed by atoms with E-state index in [1.807, 2.05) is 73.7 Å². The van der Waals surface area contributed by atoms with Gasteiger partial charge < -0.3 is 10.4 Å². The molecule has 1 fully saturated rings. The lowest BCUT2D eigenvalue weighted by Crippen LogP contribution is -2.55. The second kappa shape index (κ2) is 9.90. The van der Waals surface area contributed by atoms with Crippen molar-refractivity contribution in [3.05, 3.63) is 131 Å². The molecule has 3 unspecified atom stereocenters. The zero-order valence-corrected chi connectivity index (χ0v) is 22.1. The van der Waals surface area contributed by atoms with Gasteiger partial charge in [0.1, 0.15) is 5.60 Å². The fourth-order valence-electron chi connectivity index (χ4n) is 6.76. The van der Waals surface area contributed by atoms with E-state index in [2.05, 4.69) is 28.5 Å². The minimum absolute atomic E-state index is 0.117. The molecule has 39 heavy (non-hydrogen) atoms. The van der Waals surface area contributed by atoms with Crippen LogP contribution >= 0.6 is 0 Å². The predicted octanol–water partition coefficient (Wildman–Crippen LogP) is 5.94. The second-order valence-corrected chi connectivity index (χ2v) is 11.0. The number of nitrogens with one attached hydrogen (secondary N) is 1. The average molecular weight is 517 g/mol. The topological polar surface area (TPSA) is 79.3 Å². The third-order valence-corrected chi connectivity index (χ3v) is 8.80. The summed E-state index contributed by atoms with van der Waals surface area (Å²) in [4.78, 5) is 31.3. The SMILES string of the molecule is Cc1ncccc1NC(=O)c1ccc2c(c1)CCC1CC(O)(c3ccccc3)C(=O)CC21Cc1ccccc1. The van der Waals surface area contributed by atoms with Crippen LogP contribution in [-0.4, -0.2) is 21.8 Å². The number of hydrogen-bond donors (Lipinski definition) is 2. The molecule has 5 heteroatoms. The number of Topliss-reactive ketones (excluding diaryl/α,β-unsaturated/α-hetero) is 1. The molecule has 0 bridgehead atoms. The Labute approximate surface area is 228 Å². The highest BCUT2D eigenvalue weighted by Gasteiger charge is 2.56. The molecule has 4 aromatic rings. The highest BCUT2D eigenvalue weighted by molar-refractivity contribution is 6.04. The zero-order chi connectivity index (χ0) is 27.0. The van der Waals surface area contributed by atoms with Crippen molar-refractivity contribution in [2.45, 2.75) is 50.0 Å². The van der Waals surface area contributed by atoms with Crippen molar-refractivity contribution < 1.29 is 14.7 Å². The molecule has 6 rings (SSSR count). The van der Waals surface area contributed by atoms with Gasteiger partial charge in [-0.25, -0.2) is 0 Å². The number of carbonyl (C=O) groups is 2. The van der Waals surface area contributed by atoms with Gasteiger partial charge in [-0.15, -0.1) is 0 Å². The second-order valence-electron chi connectivity index (χ2n) is 11.0. The molecule has 1 amide bonds. The molecule has 1 heterocycles. The summed E-state index contributed by atoms with van der Waals surface area (Å²) in [5.74, 6) is -0.195. The Morgan fingerprint density at radius 1 is 1.00 bits per heavy atom. The van der Waals surface area contributed by atoms with Crippen molar-refractivity contribution in [1.82, 2.24) is 4.98 Å². The summed E-state index contributed by atoms with van der Waals surface area (Å²) in [6, 6.07) is 29.2. The van der Waals surface area contributed by atoms with Crippen LogP contribution in [0.1, 0.15) is 57.6 Å². The normalized spacial score (nSPS) is 23.9. The molecule has 2 aliphatic rings. The Bertz CT molecular complexity index is 1530. The molecule has 0 radical (unpaired) electrons. The summed E-state index contributed by atoms with van der Waals surface area (Å²) in [7, 11) is 0. The largest absolute Gasteiger partial charge is 0.377 e. The van der Waals surface area contributed by atoms with Gasteiger partial charge in [0.05, 0.1) is 11.4 Å². The maximum absolute atomic E-state index is 13.9. The molecule has 1 saturated carbocycles. The van der Waals surface area contributed by atoms with Crippen LogP contribution < -0.4 is 5.32 Å². The summed E-state index contributed by atoms with van der Waals surface area (Å²) in [6.45, 7) is 1.87. The van der Waals surface area contributed by atoms with Gasteiger partial charge in [0, 0.05) is 23.6 Å². The zero-order valence-electron chi connectivity index (χ0n) is 22.1. The smallest absolute Gasteiger partial charge is 0.255 e. The van der Waals surface area contributed by atoms with E-state index in [1.165, 1.54) is 5.56 Å². The molecule has 1 aromatic heterocycles. The number of amides is 1. The molecule has 5 nitrogen and oxygen atoms in total. The molecule has 196 valence electrons. The van der Waals surface area contributed by atoms with Crippen molar-refractivity contribution in [2.75, 3.05) is 5.32 Å². The Morgan fingerprint density at radius 2 is 1.74 bits per heavy atom. The Morgan fingerprint density at radius 3 is 2.49 bits per heavy atom. The van der Waals surface area contributed by atoms with E-state index >= 15 is 0 Å². The molecular weight excluding hydrogens is 484 g/mol. The number of nitrogens with zero attached hydrogens (tertiary/aromatic N) is 1. The quantitative estimate of drug-likeness (QED) is 0.344. The van der Waals surface area contributed by atoms with Gasteiger partial charge in [-0.1, -0.05) is 66.7 Å². The van der Waals surface area contributed by atoms with E-state index < -0.39 is 11.0 Å². The summed E-state index contributed by atoms with van der Waals surface area (Å²) in [5.41, 5.74) is 4.20. The van der Waals surface area contributed by atoms with Gasteiger partial charge in [-0.3, -0.25) is 14.6 Å². The van der Waals surface area contributed by atoms with Crippen LogP contribution in [-0.2, 0) is 28.7 Å². The van der Waals surface area contributed by atoms with Crippen LogP contribution in [0.4, 0.5) is 5.69 Å². The fraction of sp³-hybridized carbons (Fsp3) is 0.265. The number of aromatic nitrogens is 1. The van der Waals surface area contributed by atoms with E-state index in [-0.39, 0.29) is 24.0 Å². The standard InChI is InChI=1S/C34H32N2O3/c1-23-30(13-8-18-35-23)36-32(38)26-15-17-29-25(19-26)14-16-28-21-34(39,27-11-6-3-7-12-27)31(37)22-33(28,29)20-24-9-4-2-5-10-24/h2-13,15,17-19,28,39H,14,16,20-22H2,1H3,(H,36,38). The summed E-state index contributed by atoms with van der Waals surface area (Å²) >= 11 is 0. The lowest BCUT2D eigenvalue weighted by molar-refractivity contribution is -0.150. The van der Waals surface area contributed by atoms with Crippen molar-refractivity contribution >= 4 is 17.4 Å². The van der Waals surface area contributed by atoms with Gasteiger partial charge in [0.25, 0.3) is 5.91 Å². The molecule has 2 N–H and O–H groups in total. The van der Waals surface area contributed by atoms with Crippen LogP contribution in [0.2, 0.25) is 0 Å². The molecule has 0 spiro atoms. The predicted molar refractivity (Wildman–Crippen MR) is 152 cm³/mol. The number of carbonyl (C=O) groups excluding carboxylic acids is 2. The van der Waals surface area contributed by atoms with Crippen LogP contribution in [0, 0.1) is 12.8 Å². The number of rotatable bonds is 5. The number of aliphatic hydroxyl groups is 1. The van der Waals surface area contributed by atoms with Crippen molar-refractivity contribution in [1.29, 1.82) is 0 Å². The molecule has 2 aliphatic carbocycles. The molecule has 0 aliphatic heterocycles. The van der Waals surface area contributed by atoms with Crippen molar-refractivity contribution in [3.63, 3.8) is 0 Å². The lowest BCUT2D eigenvalue weighted by atomic mass is 9.51. The Hall–Kier alpha value is -4.09. The Balaban J connectivity index is 1.39. The first-order valence-corrected chi connectivity index (χ1v) is 13.6. The first kappa shape index (κ1) is 25.2. The van der Waals surface area contributed by atoms with Crippen LogP contribution in [0.25, 0.3) is 0 Å². The van der Waals surface area contributed by atoms with E-state index in [9.17, 15) is 14.7 Å². The number of benzene rings is 3. The number of anilines is 1. The summed E-state index contributed by atoms with van der Waals surface area (Å²) < 4.78 is 0. The number of pyridine rings is 1. The highest BCUT2D eigenvalue weighted by atomic mass is 16.3. The maximum atomic E-state index is 13.9. The summed E-state index contributed by atoms with van der Waals surface area (Å²) in [6.07, 6.45) is 4.70. The van der Waals surface area contributed by atoms with Gasteiger partial charge >= 0.3 is 0 Å². The van der Waals surface area contributed by atoms with Gasteiger partial charge in [0.2, 0.25) is 0 Å². The Kier molecular flexibility index (Phi) is 6.40. The first-order chi connectivity index (χ1) is 18.9. The number of ketones is 1. The maximum Gasteiger partial charge on any atom is 0.255 e. The van der Waals surface area contributed by atoms with Crippen LogP contribution in [0.3, 0.4) is 0 Å². The van der Waals surface area contributed by atoms with Crippen molar-refractivity contribution in [3.8, 4) is 0 Å². The first-order valence-electron chi connectivity index (χ1n) is 13.6. The number of fused-ring (bicyclic) bond motifs is 3. The number of aryl methyl sites for hydroxylation is 2. The van der Waals surface area contributed by atoms with Crippen molar-refractivity contribution in [2.24, 2.45) is 5.92 Å². The highest BCUT2D eigenvalue weighted by Crippen LogP contribution is 2.55. The minimum Gasteiger partial charge on any atom is -0.377 e.